The lowest BCUT2D eigenvalue weighted by atomic mass is 9.99. The second kappa shape index (κ2) is 9.97. The van der Waals surface area contributed by atoms with E-state index in [9.17, 15) is 19.2 Å². The van der Waals surface area contributed by atoms with Crippen LogP contribution in [-0.2, 0) is 19.2 Å². The van der Waals surface area contributed by atoms with Crippen LogP contribution in [-0.4, -0.2) is 53.0 Å². The smallest absolute Gasteiger partial charge is 0.325 e. The highest BCUT2D eigenvalue weighted by molar-refractivity contribution is 5.94. The summed E-state index contributed by atoms with van der Waals surface area (Å²) in [5.41, 5.74) is 5.50. The quantitative estimate of drug-likeness (QED) is 0.364. The van der Waals surface area contributed by atoms with Crippen molar-refractivity contribution in [1.82, 2.24) is 16.0 Å². The first-order valence-electron chi connectivity index (χ1n) is 8.27. The Hall–Kier alpha value is -2.16. The van der Waals surface area contributed by atoms with Gasteiger partial charge in [-0.15, -0.1) is 0 Å². The van der Waals surface area contributed by atoms with Crippen molar-refractivity contribution in [2.24, 2.45) is 17.6 Å². The van der Waals surface area contributed by atoms with Crippen LogP contribution in [0.5, 0.6) is 0 Å². The van der Waals surface area contributed by atoms with Crippen molar-refractivity contribution in [2.75, 3.05) is 0 Å². The van der Waals surface area contributed by atoms with Gasteiger partial charge in [-0.1, -0.05) is 27.7 Å². The van der Waals surface area contributed by atoms with Gasteiger partial charge < -0.3 is 26.8 Å². The van der Waals surface area contributed by atoms with E-state index in [4.69, 9.17) is 10.8 Å². The van der Waals surface area contributed by atoms with Crippen LogP contribution in [0.3, 0.4) is 0 Å². The molecule has 0 saturated carbocycles. The number of carbonyl (C=O) groups is 4. The molecule has 9 nitrogen and oxygen atoms in total. The lowest BCUT2D eigenvalue weighted by molar-refractivity contribution is -0.142. The average molecular weight is 358 g/mol. The Labute approximate surface area is 148 Å². The number of carboxylic acid groups (broad SMARTS) is 1. The largest absolute Gasteiger partial charge is 0.480 e. The number of amides is 3. The fourth-order valence-electron chi connectivity index (χ4n) is 1.96. The van der Waals surface area contributed by atoms with E-state index >= 15 is 0 Å². The Kier molecular flexibility index (Phi) is 9.11. The van der Waals surface area contributed by atoms with E-state index in [0.29, 0.717) is 0 Å². The first-order chi connectivity index (χ1) is 11.4. The molecule has 9 heteroatoms. The minimum atomic E-state index is -1.17. The number of nitrogens with two attached hydrogens (primary N) is 1. The second-order valence-corrected chi connectivity index (χ2v) is 6.82. The third-order valence-electron chi connectivity index (χ3n) is 3.64. The van der Waals surface area contributed by atoms with Gasteiger partial charge >= 0.3 is 5.97 Å². The first-order valence-corrected chi connectivity index (χ1v) is 8.27. The maximum Gasteiger partial charge on any atom is 0.325 e. The average Bonchev–Trinajstić information content (AvgIpc) is 2.48. The summed E-state index contributed by atoms with van der Waals surface area (Å²) in [5, 5.41) is 16.4. The molecule has 0 fully saturated rings. The van der Waals surface area contributed by atoms with Crippen LogP contribution in [0.1, 0.15) is 41.5 Å². The van der Waals surface area contributed by atoms with E-state index in [1.54, 1.807) is 27.7 Å². The number of aliphatic carboxylic acids is 1. The predicted octanol–water partition coefficient (Wildman–Crippen LogP) is -0.795. The summed E-state index contributed by atoms with van der Waals surface area (Å²) in [5.74, 6) is -3.27. The zero-order valence-electron chi connectivity index (χ0n) is 15.6. The molecule has 0 bridgehead atoms. The van der Waals surface area contributed by atoms with Gasteiger partial charge in [0.2, 0.25) is 17.7 Å². The molecule has 0 radical (unpaired) electrons. The number of hydrogen-bond acceptors (Lipinski definition) is 5. The lowest BCUT2D eigenvalue weighted by Gasteiger charge is -2.27. The van der Waals surface area contributed by atoms with Crippen LogP contribution in [0.4, 0.5) is 0 Å². The number of carbonyl (C=O) groups excluding carboxylic acids is 3. The fraction of sp³-hybridized carbons (Fsp3) is 0.750. The van der Waals surface area contributed by atoms with Crippen LogP contribution in [0.2, 0.25) is 0 Å². The molecule has 4 atom stereocenters. The van der Waals surface area contributed by atoms with Gasteiger partial charge in [0.1, 0.15) is 18.1 Å². The topological polar surface area (TPSA) is 151 Å². The first kappa shape index (κ1) is 22.8. The molecule has 6 N–H and O–H groups in total. The summed E-state index contributed by atoms with van der Waals surface area (Å²) >= 11 is 0. The molecule has 0 aromatic heterocycles. The molecule has 0 spiro atoms. The summed E-state index contributed by atoms with van der Waals surface area (Å²) in [7, 11) is 0. The number of rotatable bonds is 9. The number of carboxylic acids is 1. The van der Waals surface area contributed by atoms with Crippen molar-refractivity contribution in [2.45, 2.75) is 65.7 Å². The summed E-state index contributed by atoms with van der Waals surface area (Å²) < 4.78 is 0. The summed E-state index contributed by atoms with van der Waals surface area (Å²) in [6.07, 6.45) is 0. The van der Waals surface area contributed by atoms with Crippen molar-refractivity contribution < 1.29 is 24.3 Å². The third-order valence-corrected chi connectivity index (χ3v) is 3.64. The van der Waals surface area contributed by atoms with E-state index in [2.05, 4.69) is 16.0 Å². The van der Waals surface area contributed by atoms with Gasteiger partial charge in [0.05, 0.1) is 6.04 Å². The van der Waals surface area contributed by atoms with Crippen LogP contribution >= 0.6 is 0 Å². The van der Waals surface area contributed by atoms with Gasteiger partial charge in [-0.05, 0) is 25.7 Å². The molecule has 0 aromatic rings. The summed E-state index contributed by atoms with van der Waals surface area (Å²) in [6.45, 7) is 9.79. The summed E-state index contributed by atoms with van der Waals surface area (Å²) in [4.78, 5) is 47.4. The molecule has 4 unspecified atom stereocenters. The Morgan fingerprint density at radius 2 is 1.08 bits per heavy atom. The fourth-order valence-corrected chi connectivity index (χ4v) is 1.96. The maximum atomic E-state index is 12.5. The molecule has 3 amide bonds. The minimum absolute atomic E-state index is 0.225. The van der Waals surface area contributed by atoms with Crippen molar-refractivity contribution in [3.63, 3.8) is 0 Å². The van der Waals surface area contributed by atoms with E-state index in [0.717, 1.165) is 0 Å². The van der Waals surface area contributed by atoms with Crippen molar-refractivity contribution >= 4 is 23.7 Å². The molecule has 0 aliphatic carbocycles. The molecular weight excluding hydrogens is 328 g/mol. The highest BCUT2D eigenvalue weighted by Gasteiger charge is 2.31. The molecule has 0 rings (SSSR count). The lowest BCUT2D eigenvalue weighted by Crippen LogP contribution is -2.59. The predicted molar refractivity (Wildman–Crippen MR) is 92.4 cm³/mol. The van der Waals surface area contributed by atoms with E-state index in [1.165, 1.54) is 13.8 Å². The third kappa shape index (κ3) is 7.51. The van der Waals surface area contributed by atoms with E-state index in [1.807, 2.05) is 0 Å². The van der Waals surface area contributed by atoms with Crippen LogP contribution < -0.4 is 21.7 Å². The van der Waals surface area contributed by atoms with E-state index < -0.39 is 47.9 Å². The Morgan fingerprint density at radius 3 is 1.40 bits per heavy atom. The highest BCUT2D eigenvalue weighted by Crippen LogP contribution is 2.07. The van der Waals surface area contributed by atoms with Gasteiger partial charge in [-0.25, -0.2) is 0 Å². The zero-order valence-corrected chi connectivity index (χ0v) is 15.6. The Bertz CT molecular complexity index is 505. The van der Waals surface area contributed by atoms with Gasteiger partial charge in [-0.2, -0.15) is 0 Å². The summed E-state index contributed by atoms with van der Waals surface area (Å²) in [6, 6.07) is -3.63. The molecule has 25 heavy (non-hydrogen) atoms. The van der Waals surface area contributed by atoms with Crippen molar-refractivity contribution in [3.05, 3.63) is 0 Å². The minimum Gasteiger partial charge on any atom is -0.480 e. The van der Waals surface area contributed by atoms with Crippen molar-refractivity contribution in [1.29, 1.82) is 0 Å². The molecular formula is C16H30N4O5. The standard InChI is InChI=1S/C16H30N4O5/c1-7(2)11(14(22)18-10(6)16(24)25)20-15(23)12(8(3)4)19-13(21)9(5)17/h7-12H,17H2,1-6H3,(H,18,22)(H,19,21)(H,20,23)(H,24,25). The second-order valence-electron chi connectivity index (χ2n) is 6.82. The Morgan fingerprint density at radius 1 is 0.720 bits per heavy atom. The maximum absolute atomic E-state index is 12.5. The van der Waals surface area contributed by atoms with Gasteiger partial charge in [-0.3, -0.25) is 19.2 Å². The zero-order chi connectivity index (χ0) is 19.9. The van der Waals surface area contributed by atoms with Gasteiger partial charge in [0.25, 0.3) is 0 Å². The number of nitrogens with one attached hydrogen (secondary N) is 3. The molecule has 0 aliphatic rings. The SMILES string of the molecule is CC(N)C(=O)NC(C(=O)NC(C(=O)NC(C)C(=O)O)C(C)C)C(C)C. The van der Waals surface area contributed by atoms with Crippen molar-refractivity contribution in [3.8, 4) is 0 Å². The monoisotopic (exact) mass is 358 g/mol. The molecule has 0 aromatic carbocycles. The Balaban J connectivity index is 5.14. The van der Waals surface area contributed by atoms with Crippen LogP contribution in [0.25, 0.3) is 0 Å². The molecule has 0 aliphatic heterocycles. The molecule has 0 saturated heterocycles. The van der Waals surface area contributed by atoms with Gasteiger partial charge in [0.15, 0.2) is 0 Å². The molecule has 0 heterocycles. The van der Waals surface area contributed by atoms with E-state index in [-0.39, 0.29) is 11.8 Å². The highest BCUT2D eigenvalue weighted by atomic mass is 16.4. The number of hydrogen-bond donors (Lipinski definition) is 5. The normalized spacial score (nSPS) is 15.9. The van der Waals surface area contributed by atoms with Crippen LogP contribution in [0.15, 0.2) is 0 Å². The van der Waals surface area contributed by atoms with Gasteiger partial charge in [0, 0.05) is 0 Å². The van der Waals surface area contributed by atoms with Crippen LogP contribution in [0, 0.1) is 11.8 Å². The molecule has 144 valence electrons.